The Bertz CT molecular complexity index is 4270. The molecule has 0 unspecified atom stereocenters. The second-order valence-electron chi connectivity index (χ2n) is 19.8. The second kappa shape index (κ2) is 15.6. The van der Waals surface area contributed by atoms with E-state index in [0.717, 1.165) is 78.0 Å². The van der Waals surface area contributed by atoms with Crippen LogP contribution in [0.1, 0.15) is 36.1 Å². The molecule has 4 nitrogen and oxygen atoms in total. The summed E-state index contributed by atoms with van der Waals surface area (Å²) in [6.45, 7) is 9.09. The monoisotopic (exact) mass is 912 g/mol. The summed E-state index contributed by atoms with van der Waals surface area (Å²) < 4.78 is 13.5. The number of hydrogen-bond donors (Lipinski definition) is 0. The van der Waals surface area contributed by atoms with E-state index in [0.29, 0.717) is 0 Å². The maximum absolute atomic E-state index is 6.74. The predicted molar refractivity (Wildman–Crippen MR) is 298 cm³/mol. The largest absolute Gasteiger partial charge is 0.454 e. The molecule has 0 amide bonds. The summed E-state index contributed by atoms with van der Waals surface area (Å²) in [5.74, 6) is 0. The predicted octanol–water partition coefficient (Wildman–Crippen LogP) is 19.3. The Balaban J connectivity index is 1.02. The van der Waals surface area contributed by atoms with Crippen LogP contribution in [0.4, 0.5) is 34.1 Å². The Morgan fingerprint density at radius 2 is 0.845 bits per heavy atom. The Labute approximate surface area is 412 Å². The van der Waals surface area contributed by atoms with E-state index in [1.165, 1.54) is 66.1 Å². The van der Waals surface area contributed by atoms with Crippen LogP contribution in [0.5, 0.6) is 0 Å². The van der Waals surface area contributed by atoms with Crippen LogP contribution in [-0.2, 0) is 5.41 Å². The molecule has 1 aliphatic carbocycles. The van der Waals surface area contributed by atoms with E-state index in [9.17, 15) is 0 Å². The van der Waals surface area contributed by atoms with Gasteiger partial charge in [0.1, 0.15) is 11.2 Å². The maximum atomic E-state index is 6.74. The van der Waals surface area contributed by atoms with Crippen molar-refractivity contribution in [2.45, 2.75) is 33.1 Å². The summed E-state index contributed by atoms with van der Waals surface area (Å²) in [5, 5.41) is 9.37. The van der Waals surface area contributed by atoms with Gasteiger partial charge in [-0.2, -0.15) is 0 Å². The van der Waals surface area contributed by atoms with Gasteiger partial charge in [-0.25, -0.2) is 0 Å². The van der Waals surface area contributed by atoms with E-state index in [1.54, 1.807) is 0 Å². The third-order valence-electron chi connectivity index (χ3n) is 15.2. The molecule has 4 heteroatoms. The molecule has 1 aliphatic rings. The van der Waals surface area contributed by atoms with Gasteiger partial charge in [0.25, 0.3) is 0 Å². The second-order valence-corrected chi connectivity index (χ2v) is 19.8. The number of benzene rings is 11. The van der Waals surface area contributed by atoms with E-state index < -0.39 is 0 Å². The zero-order valence-corrected chi connectivity index (χ0v) is 40.0. The van der Waals surface area contributed by atoms with E-state index in [1.807, 2.05) is 12.1 Å². The van der Waals surface area contributed by atoms with Crippen LogP contribution >= 0.6 is 0 Å². The van der Waals surface area contributed by atoms with E-state index in [-0.39, 0.29) is 5.41 Å². The summed E-state index contributed by atoms with van der Waals surface area (Å²) in [6.07, 6.45) is 0. The Morgan fingerprint density at radius 1 is 0.352 bits per heavy atom. The Kier molecular flexibility index (Phi) is 9.03. The smallest absolute Gasteiger partial charge is 0.159 e. The van der Waals surface area contributed by atoms with Gasteiger partial charge < -0.3 is 18.6 Å². The van der Waals surface area contributed by atoms with Crippen LogP contribution in [0.2, 0.25) is 0 Å². The lowest BCUT2D eigenvalue weighted by Crippen LogP contribution is -2.24. The minimum absolute atomic E-state index is 0.369. The van der Waals surface area contributed by atoms with E-state index >= 15 is 0 Å². The Morgan fingerprint density at radius 3 is 1.45 bits per heavy atom. The normalized spacial score (nSPS) is 12.9. The average molecular weight is 913 g/mol. The van der Waals surface area contributed by atoms with Crippen molar-refractivity contribution in [2.75, 3.05) is 9.80 Å². The number of aryl methyl sites for hydroxylation is 2. The van der Waals surface area contributed by atoms with Crippen molar-refractivity contribution in [3.8, 4) is 22.3 Å². The first-order chi connectivity index (χ1) is 34.8. The van der Waals surface area contributed by atoms with Crippen LogP contribution < -0.4 is 9.80 Å². The molecule has 71 heavy (non-hydrogen) atoms. The molecule has 0 fully saturated rings. The van der Waals surface area contributed by atoms with Crippen molar-refractivity contribution in [3.05, 3.63) is 241 Å². The first-order valence-electron chi connectivity index (χ1n) is 24.6. The van der Waals surface area contributed by atoms with E-state index in [4.69, 9.17) is 8.83 Å². The van der Waals surface area contributed by atoms with Crippen molar-refractivity contribution < 1.29 is 8.83 Å². The molecule has 0 N–H and O–H groups in total. The minimum Gasteiger partial charge on any atom is -0.454 e. The van der Waals surface area contributed by atoms with Crippen molar-refractivity contribution >= 4 is 99.5 Å². The molecule has 0 aliphatic heterocycles. The fraction of sp³-hybridized carbons (Fsp3) is 0.0746. The molecule has 0 saturated carbocycles. The summed E-state index contributed by atoms with van der Waals surface area (Å²) in [5.41, 5.74) is 19.4. The highest BCUT2D eigenvalue weighted by Gasteiger charge is 2.37. The quantitative estimate of drug-likeness (QED) is 0.149. The number of furan rings is 2. The van der Waals surface area contributed by atoms with Gasteiger partial charge in [0.15, 0.2) is 11.2 Å². The van der Waals surface area contributed by atoms with Crippen LogP contribution in [0.3, 0.4) is 0 Å². The molecular weight excluding hydrogens is 865 g/mol. The summed E-state index contributed by atoms with van der Waals surface area (Å²) in [6, 6.07) is 79.6. The highest BCUT2D eigenvalue weighted by atomic mass is 16.3. The fourth-order valence-corrected chi connectivity index (χ4v) is 11.7. The van der Waals surface area contributed by atoms with Crippen molar-refractivity contribution in [2.24, 2.45) is 0 Å². The van der Waals surface area contributed by atoms with Gasteiger partial charge in [-0.1, -0.05) is 171 Å². The molecule has 0 bridgehead atoms. The van der Waals surface area contributed by atoms with Gasteiger partial charge in [0, 0.05) is 49.7 Å². The van der Waals surface area contributed by atoms with E-state index in [2.05, 4.69) is 244 Å². The fourth-order valence-electron chi connectivity index (χ4n) is 11.7. The SMILES string of the molecule is Cc1ccc(N(c2ccc3c(c2)C(C)(C)c2cccc4c2c-3c(-c2ccccc2)c2ccc(N(c3ccc(C)cc3)c3cccc5c3oc3ccccc35)cc24)c2cccc3c2oc2ccccc23)cc1. The molecule has 0 radical (unpaired) electrons. The first kappa shape index (κ1) is 41.1. The number of fused-ring (bicyclic) bond motifs is 10. The zero-order chi connectivity index (χ0) is 47.5. The number of rotatable bonds is 7. The number of hydrogen-bond acceptors (Lipinski definition) is 4. The molecular formula is C67H48N2O2. The van der Waals surface area contributed by atoms with Crippen LogP contribution in [0.15, 0.2) is 227 Å². The van der Waals surface area contributed by atoms with Gasteiger partial charge in [-0.15, -0.1) is 0 Å². The molecule has 14 rings (SSSR count). The van der Waals surface area contributed by atoms with Crippen LogP contribution in [0.25, 0.3) is 87.7 Å². The standard InChI is InChI=1S/C67H48N2O2/c1-41-27-31-44(32-28-41)68(58-23-13-20-52-48-17-8-10-25-60(48)70-65(52)58)46-35-37-51-55(39-46)50-19-12-22-56-63(50)64(62(51)43-15-6-5-7-16-43)54-38-36-47(40-57(54)67(56,3)4)69(45-33-29-42(2)30-34-45)59-24-14-21-53-49-18-9-11-26-61(49)71-66(53)59/h5-40H,1-4H3. The maximum Gasteiger partial charge on any atom is 0.159 e. The minimum atomic E-state index is -0.369. The van der Waals surface area contributed by atoms with Gasteiger partial charge in [0.2, 0.25) is 0 Å². The van der Waals surface area contributed by atoms with Crippen molar-refractivity contribution in [1.82, 2.24) is 0 Å². The molecule has 2 heterocycles. The average Bonchev–Trinajstić information content (AvgIpc) is 3.99. The van der Waals surface area contributed by atoms with Crippen molar-refractivity contribution in [1.29, 1.82) is 0 Å². The van der Waals surface area contributed by atoms with Gasteiger partial charge in [-0.05, 0) is 142 Å². The highest BCUT2D eigenvalue weighted by Crippen LogP contribution is 2.56. The summed E-state index contributed by atoms with van der Waals surface area (Å²) in [4.78, 5) is 4.75. The number of nitrogens with zero attached hydrogens (tertiary/aromatic N) is 2. The Hall–Kier alpha value is -8.86. The van der Waals surface area contributed by atoms with Crippen molar-refractivity contribution in [3.63, 3.8) is 0 Å². The summed E-state index contributed by atoms with van der Waals surface area (Å²) in [7, 11) is 0. The molecule has 2 aromatic heterocycles. The lowest BCUT2D eigenvalue weighted by Gasteiger charge is -2.38. The third-order valence-corrected chi connectivity index (χ3v) is 15.2. The first-order valence-corrected chi connectivity index (χ1v) is 24.6. The molecule has 13 aromatic rings. The molecule has 11 aromatic carbocycles. The molecule has 0 saturated heterocycles. The zero-order valence-electron chi connectivity index (χ0n) is 40.0. The van der Waals surface area contributed by atoms with Crippen LogP contribution in [-0.4, -0.2) is 0 Å². The topological polar surface area (TPSA) is 32.8 Å². The third kappa shape index (κ3) is 6.24. The molecule has 338 valence electrons. The summed E-state index contributed by atoms with van der Waals surface area (Å²) >= 11 is 0. The number of anilines is 6. The van der Waals surface area contributed by atoms with Gasteiger partial charge in [-0.3, -0.25) is 0 Å². The molecule has 0 spiro atoms. The lowest BCUT2D eigenvalue weighted by molar-refractivity contribution is 0.645. The van der Waals surface area contributed by atoms with Gasteiger partial charge >= 0.3 is 0 Å². The highest BCUT2D eigenvalue weighted by molar-refractivity contribution is 6.25. The molecule has 0 atom stereocenters. The van der Waals surface area contributed by atoms with Crippen LogP contribution in [0, 0.1) is 13.8 Å². The number of para-hydroxylation sites is 4. The van der Waals surface area contributed by atoms with Gasteiger partial charge in [0.05, 0.1) is 11.4 Å². The lowest BCUT2D eigenvalue weighted by atomic mass is 9.66.